The first-order valence-corrected chi connectivity index (χ1v) is 20.9. The zero-order chi connectivity index (χ0) is 41.6. The second-order valence-corrected chi connectivity index (χ2v) is 17.1. The minimum absolute atomic E-state index is 0.0784. The van der Waals surface area contributed by atoms with Crippen molar-refractivity contribution in [2.24, 2.45) is 0 Å². The van der Waals surface area contributed by atoms with Crippen molar-refractivity contribution in [2.75, 3.05) is 26.8 Å². The second-order valence-electron chi connectivity index (χ2n) is 17.1. The summed E-state index contributed by atoms with van der Waals surface area (Å²) in [4.78, 5) is 11.5. The summed E-state index contributed by atoms with van der Waals surface area (Å²) in [5.74, 6) is -2.82. The number of carbonyl (C=O) groups excluding carboxylic acids is 1. The third-order valence-electron chi connectivity index (χ3n) is 10.3. The van der Waals surface area contributed by atoms with Gasteiger partial charge in [0.05, 0.1) is 75.3 Å². The molecule has 58 heavy (non-hydrogen) atoms. The molecule has 1 N–H and O–H groups in total. The Hall–Kier alpha value is -2.53. The van der Waals surface area contributed by atoms with Crippen molar-refractivity contribution < 1.29 is 62.0 Å². The topological polar surface area (TPSA) is 139 Å². The molecular formula is C45H68O13. The second kappa shape index (κ2) is 22.4. The van der Waals surface area contributed by atoms with Crippen LogP contribution in [0.2, 0.25) is 0 Å². The van der Waals surface area contributed by atoms with Crippen molar-refractivity contribution in [1.82, 2.24) is 0 Å². The van der Waals surface area contributed by atoms with Gasteiger partial charge in [-0.3, -0.25) is 4.79 Å². The number of aliphatic hydroxyl groups is 1. The van der Waals surface area contributed by atoms with Crippen LogP contribution in [0.5, 0.6) is 0 Å². The number of carbonyl (C=O) groups is 1. The van der Waals surface area contributed by atoms with Crippen LogP contribution < -0.4 is 0 Å². The molecule has 5 rings (SSSR count). The maximum Gasteiger partial charge on any atom is 0.302 e. The summed E-state index contributed by atoms with van der Waals surface area (Å²) in [7, 11) is 0. The van der Waals surface area contributed by atoms with E-state index in [9.17, 15) is 9.90 Å². The molecule has 13 nitrogen and oxygen atoms in total. The molecule has 0 bridgehead atoms. The largest absolute Gasteiger partial charge is 0.466 e. The van der Waals surface area contributed by atoms with Crippen molar-refractivity contribution >= 4 is 5.97 Å². The van der Waals surface area contributed by atoms with Crippen LogP contribution in [-0.4, -0.2) is 104 Å². The fourth-order valence-electron chi connectivity index (χ4n) is 8.26. The Bertz CT molecular complexity index is 1470. The van der Waals surface area contributed by atoms with Crippen LogP contribution in [0.15, 0.2) is 60.7 Å². The Morgan fingerprint density at radius 1 is 0.621 bits per heavy atom. The van der Waals surface area contributed by atoms with Crippen LogP contribution in [0.1, 0.15) is 111 Å². The van der Waals surface area contributed by atoms with Crippen molar-refractivity contribution in [3.63, 3.8) is 0 Å². The predicted octanol–water partition coefficient (Wildman–Crippen LogP) is 7.34. The van der Waals surface area contributed by atoms with Crippen LogP contribution in [0.3, 0.4) is 0 Å². The Labute approximate surface area is 345 Å². The first-order valence-electron chi connectivity index (χ1n) is 20.9. The molecule has 3 saturated heterocycles. The van der Waals surface area contributed by atoms with Crippen LogP contribution >= 0.6 is 0 Å². The third-order valence-corrected chi connectivity index (χ3v) is 10.3. The van der Waals surface area contributed by atoms with Gasteiger partial charge in [-0.1, -0.05) is 60.7 Å². The van der Waals surface area contributed by atoms with Gasteiger partial charge in [0.2, 0.25) is 0 Å². The maximum absolute atomic E-state index is 11.5. The monoisotopic (exact) mass is 816 g/mol. The van der Waals surface area contributed by atoms with E-state index >= 15 is 0 Å². The number of hydrogen-bond donors (Lipinski definition) is 1. The van der Waals surface area contributed by atoms with Gasteiger partial charge in [-0.25, -0.2) is 0 Å². The molecule has 3 fully saturated rings. The Balaban J connectivity index is 1.19. The molecule has 8 atom stereocenters. The van der Waals surface area contributed by atoms with E-state index < -0.39 is 17.4 Å². The summed E-state index contributed by atoms with van der Waals surface area (Å²) in [6.45, 7) is 14.2. The molecule has 0 spiro atoms. The van der Waals surface area contributed by atoms with E-state index in [2.05, 4.69) is 0 Å². The lowest BCUT2D eigenvalue weighted by Crippen LogP contribution is -2.50. The lowest BCUT2D eigenvalue weighted by Gasteiger charge is -2.46. The molecule has 2 aromatic carbocycles. The Morgan fingerprint density at radius 3 is 1.47 bits per heavy atom. The molecule has 0 amide bonds. The molecule has 0 radical (unpaired) electrons. The van der Waals surface area contributed by atoms with E-state index in [0.717, 1.165) is 11.1 Å². The summed E-state index contributed by atoms with van der Waals surface area (Å²) >= 11 is 0. The van der Waals surface area contributed by atoms with Crippen molar-refractivity contribution in [3.8, 4) is 0 Å². The van der Waals surface area contributed by atoms with Gasteiger partial charge in [0.15, 0.2) is 17.4 Å². The molecule has 0 aromatic heterocycles. The van der Waals surface area contributed by atoms with Crippen LogP contribution in [-0.2, 0) is 70.1 Å². The standard InChI is InChI=1S/C45H68O13/c1-32(47)50-19-18-35(51-30-48-28-33-14-10-8-11-15-33)20-37-23-40(56-43(2,3)53-37)25-41-24-38(54-44(4,5)57-41)21-36(52-31-49-29-34-16-12-9-13-17-34)22-39-26-42(27-46)58-45(6,7)55-39/h8-17,35-42,46H,18-31H2,1-7H3/t35-,36-,37-,38+,39+,40-,41-,42+/m0/s1. The Morgan fingerprint density at radius 2 is 1.02 bits per heavy atom. The van der Waals surface area contributed by atoms with E-state index in [1.54, 1.807) is 0 Å². The zero-order valence-electron chi connectivity index (χ0n) is 35.6. The summed E-state index contributed by atoms with van der Waals surface area (Å²) < 4.78 is 67.9. The number of benzene rings is 2. The summed E-state index contributed by atoms with van der Waals surface area (Å²) in [5, 5.41) is 9.95. The van der Waals surface area contributed by atoms with Gasteiger partial charge in [-0.2, -0.15) is 0 Å². The smallest absolute Gasteiger partial charge is 0.302 e. The van der Waals surface area contributed by atoms with Crippen molar-refractivity contribution in [3.05, 3.63) is 71.8 Å². The molecule has 2 aromatic rings. The number of ether oxygens (including phenoxy) is 11. The fraction of sp³-hybridized carbons (Fsp3) is 0.711. The van der Waals surface area contributed by atoms with Gasteiger partial charge < -0.3 is 57.2 Å². The first kappa shape index (κ1) is 46.5. The maximum atomic E-state index is 11.5. The molecule has 13 heteroatoms. The Kier molecular flexibility index (Phi) is 17.9. The highest BCUT2D eigenvalue weighted by Gasteiger charge is 2.43. The molecule has 0 saturated carbocycles. The number of esters is 1. The van der Waals surface area contributed by atoms with E-state index in [1.807, 2.05) is 102 Å². The molecule has 3 heterocycles. The van der Waals surface area contributed by atoms with Crippen LogP contribution in [0.25, 0.3) is 0 Å². The van der Waals surface area contributed by atoms with Gasteiger partial charge in [0.25, 0.3) is 0 Å². The summed E-state index contributed by atoms with van der Waals surface area (Å²) in [5.41, 5.74) is 2.13. The van der Waals surface area contributed by atoms with E-state index in [4.69, 9.17) is 52.1 Å². The van der Waals surface area contributed by atoms with Gasteiger partial charge in [-0.05, 0) is 52.7 Å². The SMILES string of the molecule is CC(=O)OCC[C@@H](C[C@H]1C[C@@H](C[C@@H]2C[C@@H](C[C@@H](C[C@@H]3C[C@H](CO)OC(C)(C)O3)OCOCc3ccccc3)OC(C)(C)O2)OC(C)(C)O1)OCOCc1ccccc1. The minimum atomic E-state index is -0.837. The molecule has 0 aliphatic carbocycles. The number of aliphatic hydroxyl groups excluding tert-OH is 1. The summed E-state index contributed by atoms with van der Waals surface area (Å²) in [6, 6.07) is 19.9. The third kappa shape index (κ3) is 16.8. The number of rotatable bonds is 22. The van der Waals surface area contributed by atoms with Gasteiger partial charge in [-0.15, -0.1) is 0 Å². The molecule has 3 aliphatic rings. The highest BCUT2D eigenvalue weighted by molar-refractivity contribution is 5.65. The average molecular weight is 817 g/mol. The highest BCUT2D eigenvalue weighted by atomic mass is 16.7. The first-order chi connectivity index (χ1) is 27.6. The minimum Gasteiger partial charge on any atom is -0.466 e. The molecular weight excluding hydrogens is 748 g/mol. The van der Waals surface area contributed by atoms with Crippen LogP contribution in [0, 0.1) is 0 Å². The van der Waals surface area contributed by atoms with Gasteiger partial charge in [0.1, 0.15) is 13.6 Å². The quantitative estimate of drug-likeness (QED) is 0.0721. The van der Waals surface area contributed by atoms with E-state index in [-0.39, 0.29) is 81.6 Å². The van der Waals surface area contributed by atoms with E-state index in [0.29, 0.717) is 64.6 Å². The van der Waals surface area contributed by atoms with Crippen LogP contribution in [0.4, 0.5) is 0 Å². The fourth-order valence-corrected chi connectivity index (χ4v) is 8.26. The average Bonchev–Trinajstić information content (AvgIpc) is 3.13. The zero-order valence-corrected chi connectivity index (χ0v) is 35.6. The van der Waals surface area contributed by atoms with Crippen molar-refractivity contribution in [2.45, 2.75) is 179 Å². The molecule has 3 aliphatic heterocycles. The van der Waals surface area contributed by atoms with Gasteiger partial charge >= 0.3 is 5.97 Å². The lowest BCUT2D eigenvalue weighted by molar-refractivity contribution is -0.329. The predicted molar refractivity (Wildman–Crippen MR) is 214 cm³/mol. The summed E-state index contributed by atoms with van der Waals surface area (Å²) in [6.07, 6.45) is 3.10. The van der Waals surface area contributed by atoms with Crippen molar-refractivity contribution in [1.29, 1.82) is 0 Å². The van der Waals surface area contributed by atoms with E-state index in [1.165, 1.54) is 6.92 Å². The lowest BCUT2D eigenvalue weighted by atomic mass is 9.93. The van der Waals surface area contributed by atoms with Gasteiger partial charge in [0, 0.05) is 58.3 Å². The molecule has 0 unspecified atom stereocenters. The number of hydrogen-bond acceptors (Lipinski definition) is 13. The highest BCUT2D eigenvalue weighted by Crippen LogP contribution is 2.38. The normalized spacial score (nSPS) is 27.7. The molecule has 326 valence electrons.